The van der Waals surface area contributed by atoms with Crippen LogP contribution in [0.4, 0.5) is 0 Å². The zero-order valence-corrected chi connectivity index (χ0v) is 15.0. The average Bonchev–Trinajstić information content (AvgIpc) is 3.36. The zero-order chi connectivity index (χ0) is 17.1. The third kappa shape index (κ3) is 3.40. The van der Waals surface area contributed by atoms with E-state index in [-0.39, 0.29) is 6.04 Å². The summed E-state index contributed by atoms with van der Waals surface area (Å²) in [6.07, 6.45) is 8.73. The van der Waals surface area contributed by atoms with Gasteiger partial charge in [0.1, 0.15) is 5.75 Å². The Kier molecular flexibility index (Phi) is 4.97. The van der Waals surface area contributed by atoms with E-state index in [1.165, 1.54) is 50.5 Å². The molecule has 1 aromatic carbocycles. The largest absolute Gasteiger partial charge is 0.497 e. The SMILES string of the molecule is COc1cccc([C@H](c2nnnn2C2CCCCC2)N2CCCC2)c1. The highest BCUT2D eigenvalue weighted by atomic mass is 16.5. The number of tetrazole rings is 1. The molecule has 134 valence electrons. The molecule has 0 unspecified atom stereocenters. The maximum absolute atomic E-state index is 5.45. The number of hydrogen-bond donors (Lipinski definition) is 0. The first-order valence-electron chi connectivity index (χ1n) is 9.52. The standard InChI is InChI=1S/C19H27N5O/c1-25-17-11-7-8-15(14-17)18(23-12-5-6-13-23)19-20-21-22-24(19)16-9-3-2-4-10-16/h7-8,11,14,16,18H,2-6,9-10,12-13H2,1H3/t18-/m1/s1. The second kappa shape index (κ2) is 7.52. The van der Waals surface area contributed by atoms with Gasteiger partial charge in [0.05, 0.1) is 19.2 Å². The average molecular weight is 341 g/mol. The van der Waals surface area contributed by atoms with Crippen molar-refractivity contribution in [2.45, 2.75) is 57.0 Å². The van der Waals surface area contributed by atoms with Gasteiger partial charge in [0.25, 0.3) is 0 Å². The first-order chi connectivity index (χ1) is 12.4. The number of methoxy groups -OCH3 is 1. The molecular formula is C19H27N5O. The Balaban J connectivity index is 1.72. The maximum Gasteiger partial charge on any atom is 0.173 e. The van der Waals surface area contributed by atoms with Gasteiger partial charge in [0, 0.05) is 0 Å². The Morgan fingerprint density at radius 3 is 2.64 bits per heavy atom. The maximum atomic E-state index is 5.45. The van der Waals surface area contributed by atoms with E-state index in [1.807, 2.05) is 6.07 Å². The summed E-state index contributed by atoms with van der Waals surface area (Å²) in [6, 6.07) is 8.90. The van der Waals surface area contributed by atoms with E-state index in [2.05, 4.69) is 43.3 Å². The van der Waals surface area contributed by atoms with E-state index in [4.69, 9.17) is 4.74 Å². The van der Waals surface area contributed by atoms with E-state index < -0.39 is 0 Å². The van der Waals surface area contributed by atoms with Gasteiger partial charge in [-0.05, 0) is 66.9 Å². The zero-order valence-electron chi connectivity index (χ0n) is 15.0. The third-order valence-corrected chi connectivity index (χ3v) is 5.60. The van der Waals surface area contributed by atoms with E-state index in [0.29, 0.717) is 6.04 Å². The van der Waals surface area contributed by atoms with Crippen LogP contribution in [0.1, 0.15) is 68.4 Å². The molecule has 0 amide bonds. The fourth-order valence-electron chi connectivity index (χ4n) is 4.30. The second-order valence-electron chi connectivity index (χ2n) is 7.20. The molecule has 1 aromatic heterocycles. The van der Waals surface area contributed by atoms with Gasteiger partial charge < -0.3 is 4.74 Å². The minimum absolute atomic E-state index is 0.106. The van der Waals surface area contributed by atoms with Crippen LogP contribution in [0.15, 0.2) is 24.3 Å². The van der Waals surface area contributed by atoms with Crippen LogP contribution in [0.2, 0.25) is 0 Å². The predicted molar refractivity (Wildman–Crippen MR) is 95.6 cm³/mol. The van der Waals surface area contributed by atoms with Crippen LogP contribution in [-0.2, 0) is 0 Å². The number of nitrogens with zero attached hydrogens (tertiary/aromatic N) is 5. The number of hydrogen-bond acceptors (Lipinski definition) is 5. The normalized spacial score (nSPS) is 20.7. The van der Waals surface area contributed by atoms with Crippen molar-refractivity contribution in [2.75, 3.05) is 20.2 Å². The van der Waals surface area contributed by atoms with Gasteiger partial charge in [-0.25, -0.2) is 4.68 Å². The van der Waals surface area contributed by atoms with Gasteiger partial charge in [0.2, 0.25) is 0 Å². The van der Waals surface area contributed by atoms with Gasteiger partial charge >= 0.3 is 0 Å². The summed E-state index contributed by atoms with van der Waals surface area (Å²) in [7, 11) is 1.72. The first-order valence-corrected chi connectivity index (χ1v) is 9.52. The topological polar surface area (TPSA) is 56.1 Å². The molecule has 2 aliphatic rings. The van der Waals surface area contributed by atoms with E-state index in [9.17, 15) is 0 Å². The molecule has 0 spiro atoms. The van der Waals surface area contributed by atoms with Gasteiger partial charge in [-0.3, -0.25) is 4.90 Å². The molecule has 1 saturated heterocycles. The summed E-state index contributed by atoms with van der Waals surface area (Å²) in [4.78, 5) is 2.51. The summed E-state index contributed by atoms with van der Waals surface area (Å²) in [6.45, 7) is 2.19. The molecule has 1 atom stereocenters. The lowest BCUT2D eigenvalue weighted by Crippen LogP contribution is -2.30. The Bertz CT molecular complexity index is 689. The Morgan fingerprint density at radius 1 is 1.08 bits per heavy atom. The van der Waals surface area contributed by atoms with E-state index in [1.54, 1.807) is 7.11 Å². The number of benzene rings is 1. The van der Waals surface area contributed by atoms with Gasteiger partial charge in [-0.2, -0.15) is 0 Å². The smallest absolute Gasteiger partial charge is 0.173 e. The van der Waals surface area contributed by atoms with Crippen LogP contribution in [0.5, 0.6) is 5.75 Å². The Hall–Kier alpha value is -1.95. The molecule has 0 N–H and O–H groups in total. The lowest BCUT2D eigenvalue weighted by atomic mass is 9.95. The van der Waals surface area contributed by atoms with Crippen LogP contribution >= 0.6 is 0 Å². The van der Waals surface area contributed by atoms with Crippen LogP contribution in [0.25, 0.3) is 0 Å². The monoisotopic (exact) mass is 341 g/mol. The van der Waals surface area contributed by atoms with Gasteiger partial charge in [-0.15, -0.1) is 5.10 Å². The quantitative estimate of drug-likeness (QED) is 0.834. The van der Waals surface area contributed by atoms with Crippen molar-refractivity contribution in [2.24, 2.45) is 0 Å². The summed E-state index contributed by atoms with van der Waals surface area (Å²) < 4.78 is 7.57. The van der Waals surface area contributed by atoms with Crippen LogP contribution in [0.3, 0.4) is 0 Å². The molecule has 2 aromatic rings. The molecule has 1 aliphatic carbocycles. The summed E-state index contributed by atoms with van der Waals surface area (Å²) in [5, 5.41) is 12.9. The number of likely N-dealkylation sites (tertiary alicyclic amines) is 1. The van der Waals surface area contributed by atoms with Crippen molar-refractivity contribution >= 4 is 0 Å². The minimum Gasteiger partial charge on any atom is -0.497 e. The van der Waals surface area contributed by atoms with Crippen molar-refractivity contribution in [1.82, 2.24) is 25.1 Å². The summed E-state index contributed by atoms with van der Waals surface area (Å²) in [5.74, 6) is 1.88. The third-order valence-electron chi connectivity index (χ3n) is 5.60. The number of aromatic nitrogens is 4. The molecule has 25 heavy (non-hydrogen) atoms. The van der Waals surface area contributed by atoms with Crippen molar-refractivity contribution in [1.29, 1.82) is 0 Å². The molecule has 0 bridgehead atoms. The van der Waals surface area contributed by atoms with Crippen molar-refractivity contribution < 1.29 is 4.74 Å². The van der Waals surface area contributed by atoms with Crippen LogP contribution in [0, 0.1) is 0 Å². The predicted octanol–water partition coefficient (Wildman–Crippen LogP) is 3.37. The first kappa shape index (κ1) is 16.5. The molecule has 2 fully saturated rings. The Morgan fingerprint density at radius 2 is 1.88 bits per heavy atom. The lowest BCUT2D eigenvalue weighted by molar-refractivity contribution is 0.244. The highest BCUT2D eigenvalue weighted by Crippen LogP contribution is 2.35. The molecule has 6 heteroatoms. The molecule has 6 nitrogen and oxygen atoms in total. The fourth-order valence-corrected chi connectivity index (χ4v) is 4.30. The van der Waals surface area contributed by atoms with Gasteiger partial charge in [-0.1, -0.05) is 31.4 Å². The Labute approximate surface area is 149 Å². The second-order valence-corrected chi connectivity index (χ2v) is 7.20. The minimum atomic E-state index is 0.106. The number of ether oxygens (including phenoxy) is 1. The molecular weight excluding hydrogens is 314 g/mol. The highest BCUT2D eigenvalue weighted by molar-refractivity contribution is 5.33. The highest BCUT2D eigenvalue weighted by Gasteiger charge is 2.32. The van der Waals surface area contributed by atoms with Crippen LogP contribution in [-0.4, -0.2) is 45.3 Å². The summed E-state index contributed by atoms with van der Waals surface area (Å²) in [5.41, 5.74) is 1.22. The number of rotatable bonds is 5. The summed E-state index contributed by atoms with van der Waals surface area (Å²) >= 11 is 0. The molecule has 1 saturated carbocycles. The molecule has 4 rings (SSSR count). The van der Waals surface area contributed by atoms with Crippen molar-refractivity contribution in [3.05, 3.63) is 35.7 Å². The van der Waals surface area contributed by atoms with E-state index >= 15 is 0 Å². The van der Waals surface area contributed by atoms with Crippen LogP contribution < -0.4 is 4.74 Å². The molecule has 1 aliphatic heterocycles. The van der Waals surface area contributed by atoms with Crippen molar-refractivity contribution in [3.8, 4) is 5.75 Å². The fraction of sp³-hybridized carbons (Fsp3) is 0.632. The van der Waals surface area contributed by atoms with E-state index in [0.717, 1.165) is 24.7 Å². The van der Waals surface area contributed by atoms with Gasteiger partial charge in [0.15, 0.2) is 5.82 Å². The molecule has 2 heterocycles. The van der Waals surface area contributed by atoms with Crippen molar-refractivity contribution in [3.63, 3.8) is 0 Å². The molecule has 0 radical (unpaired) electrons. The lowest BCUT2D eigenvalue weighted by Gasteiger charge is -2.30.